The normalized spacial score (nSPS) is 21.4. The Balaban J connectivity index is 1.45. The van der Waals surface area contributed by atoms with Crippen molar-refractivity contribution in [2.24, 2.45) is 5.92 Å². The van der Waals surface area contributed by atoms with E-state index in [1.165, 1.54) is 39.7 Å². The molecule has 0 saturated heterocycles. The number of fused-ring (bicyclic) bond motifs is 3. The zero-order valence-corrected chi connectivity index (χ0v) is 31.2. The molecule has 53 heavy (non-hydrogen) atoms. The smallest absolute Gasteiger partial charge is 0.271 e. The fourth-order valence-corrected chi connectivity index (χ4v) is 6.72. The summed E-state index contributed by atoms with van der Waals surface area (Å²) >= 11 is 1.18. The van der Waals surface area contributed by atoms with Gasteiger partial charge in [-0.3, -0.25) is 33.4 Å². The van der Waals surface area contributed by atoms with E-state index in [9.17, 15) is 28.8 Å². The highest BCUT2D eigenvalue weighted by Crippen LogP contribution is 2.23. The van der Waals surface area contributed by atoms with E-state index in [1.54, 1.807) is 32.5 Å². The van der Waals surface area contributed by atoms with Crippen LogP contribution in [0.15, 0.2) is 66.2 Å². The van der Waals surface area contributed by atoms with E-state index in [0.29, 0.717) is 11.4 Å². The van der Waals surface area contributed by atoms with Crippen molar-refractivity contribution in [1.29, 1.82) is 0 Å². The number of benzene rings is 2. The Kier molecular flexibility index (Phi) is 12.6. The lowest BCUT2D eigenvalue weighted by atomic mass is 10.0. The Hall–Kier alpha value is -5.64. The maximum absolute atomic E-state index is 13.8. The lowest BCUT2D eigenvalue weighted by molar-refractivity contribution is -0.139. The minimum absolute atomic E-state index is 0.00341. The van der Waals surface area contributed by atoms with Gasteiger partial charge in [0.05, 0.1) is 18.1 Å². The summed E-state index contributed by atoms with van der Waals surface area (Å²) in [6, 6.07) is 13.3. The topological polar surface area (TPSA) is 188 Å². The third-order valence-electron chi connectivity index (χ3n) is 8.91. The van der Waals surface area contributed by atoms with Crippen LogP contribution in [0.4, 0.5) is 0 Å². The van der Waals surface area contributed by atoms with Crippen molar-refractivity contribution >= 4 is 57.7 Å². The molecule has 5 rings (SSSR count). The molecular formula is C37H45N9O6S. The molecule has 6 amide bonds. The molecule has 1 aliphatic rings. The maximum atomic E-state index is 13.8. The van der Waals surface area contributed by atoms with E-state index in [2.05, 4.69) is 31.3 Å². The third-order valence-corrected chi connectivity index (χ3v) is 9.87. The predicted molar refractivity (Wildman–Crippen MR) is 198 cm³/mol. The molecule has 0 spiro atoms. The molecule has 0 unspecified atom stereocenters. The van der Waals surface area contributed by atoms with Gasteiger partial charge < -0.3 is 31.1 Å². The molecule has 0 radical (unpaired) electrons. The molecule has 3 heterocycles. The Morgan fingerprint density at radius 3 is 2.32 bits per heavy atom. The van der Waals surface area contributed by atoms with Gasteiger partial charge in [0.2, 0.25) is 29.5 Å². The van der Waals surface area contributed by atoms with Crippen molar-refractivity contribution in [3.8, 4) is 0 Å². The van der Waals surface area contributed by atoms with E-state index in [1.807, 2.05) is 54.6 Å². The molecule has 0 aliphatic carbocycles. The summed E-state index contributed by atoms with van der Waals surface area (Å²) in [6.45, 7) is 6.10. The van der Waals surface area contributed by atoms with Gasteiger partial charge in [-0.2, -0.15) is 5.10 Å². The number of hydrogen-bond acceptors (Lipinski definition) is 9. The first-order valence-electron chi connectivity index (χ1n) is 17.4. The zero-order valence-electron chi connectivity index (χ0n) is 30.4. The van der Waals surface area contributed by atoms with Crippen LogP contribution < -0.4 is 21.3 Å². The highest BCUT2D eigenvalue weighted by atomic mass is 32.1. The molecule has 4 aromatic rings. The minimum atomic E-state index is -1.02. The van der Waals surface area contributed by atoms with Crippen molar-refractivity contribution in [2.75, 3.05) is 26.7 Å². The van der Waals surface area contributed by atoms with Gasteiger partial charge in [-0.25, -0.2) is 4.98 Å². The standard InChI is InChI=1S/C37H45N9O6S/c1-22(2)32-35(51)39-24(4)37(52)44(5)15-16-45(31(48)20-46-18-26-13-9-10-14-27(26)43-46)19-30(47)40-28(17-25-11-7-6-8-12-25)36-41-29(21-53-36)34(50)38-23(3)33(49)42-32/h6-14,18,21-24,28,32H,15-17,19-20H2,1-5H3,(H,38,50)(H,39,51)(H,40,47)(H,42,49)/t23-,24+,28-,32-/m0/s1. The monoisotopic (exact) mass is 743 g/mol. The van der Waals surface area contributed by atoms with Crippen molar-refractivity contribution in [2.45, 2.75) is 64.8 Å². The first-order chi connectivity index (χ1) is 25.3. The Morgan fingerprint density at radius 1 is 0.887 bits per heavy atom. The summed E-state index contributed by atoms with van der Waals surface area (Å²) < 4.78 is 1.52. The van der Waals surface area contributed by atoms with Crippen LogP contribution in [-0.4, -0.2) is 105 Å². The molecule has 2 aromatic heterocycles. The molecule has 0 fully saturated rings. The minimum Gasteiger partial charge on any atom is -0.345 e. The number of thiazole rings is 1. The Labute approximate surface area is 311 Å². The second-order valence-corrected chi connectivity index (χ2v) is 14.4. The van der Waals surface area contributed by atoms with Crippen LogP contribution in [0, 0.1) is 5.92 Å². The van der Waals surface area contributed by atoms with E-state index in [4.69, 9.17) is 0 Å². The summed E-state index contributed by atoms with van der Waals surface area (Å²) in [5, 5.41) is 18.4. The van der Waals surface area contributed by atoms with Gasteiger partial charge in [0.1, 0.15) is 35.4 Å². The van der Waals surface area contributed by atoms with E-state index in [-0.39, 0.29) is 37.8 Å². The van der Waals surface area contributed by atoms with Crippen molar-refractivity contribution in [3.63, 3.8) is 0 Å². The first-order valence-corrected chi connectivity index (χ1v) is 18.3. The predicted octanol–water partition coefficient (Wildman–Crippen LogP) is 1.66. The average molecular weight is 744 g/mol. The highest BCUT2D eigenvalue weighted by Gasteiger charge is 2.31. The van der Waals surface area contributed by atoms with E-state index >= 15 is 0 Å². The van der Waals surface area contributed by atoms with Gasteiger partial charge >= 0.3 is 0 Å². The van der Waals surface area contributed by atoms with Gasteiger partial charge in [-0.15, -0.1) is 11.3 Å². The van der Waals surface area contributed by atoms with Gasteiger partial charge in [-0.1, -0.05) is 62.4 Å². The van der Waals surface area contributed by atoms with Crippen LogP contribution in [0.25, 0.3) is 10.9 Å². The number of nitrogens with one attached hydrogen (secondary N) is 4. The molecular weight excluding hydrogens is 699 g/mol. The number of hydrogen-bond donors (Lipinski definition) is 4. The van der Waals surface area contributed by atoms with Gasteiger partial charge in [0.25, 0.3) is 5.91 Å². The van der Waals surface area contributed by atoms with Crippen LogP contribution in [0.1, 0.15) is 54.8 Å². The lowest BCUT2D eigenvalue weighted by Gasteiger charge is -2.29. The number of aromatic nitrogens is 3. The van der Waals surface area contributed by atoms with Crippen molar-refractivity contribution in [1.82, 2.24) is 45.8 Å². The number of carbonyl (C=O) groups excluding carboxylic acids is 6. The average Bonchev–Trinajstić information content (AvgIpc) is 3.79. The summed E-state index contributed by atoms with van der Waals surface area (Å²) in [6.07, 6.45) is 2.10. The molecule has 280 valence electrons. The Morgan fingerprint density at radius 2 is 1.60 bits per heavy atom. The SMILES string of the molecule is CC(C)[C@@H]1NC(=O)[C@H](C)NC(=O)c2csc(n2)[C@H](Cc2ccccc2)NC(=O)CN(C(=O)Cn2cc3ccccc3n2)CCN(C)C(=O)[C@@H](C)NC1=O. The van der Waals surface area contributed by atoms with Crippen LogP contribution >= 0.6 is 11.3 Å². The van der Waals surface area contributed by atoms with Crippen LogP contribution in [0.5, 0.6) is 0 Å². The van der Waals surface area contributed by atoms with E-state index < -0.39 is 59.6 Å². The fraction of sp³-hybridized carbons (Fsp3) is 0.405. The summed E-state index contributed by atoms with van der Waals surface area (Å²) in [5.41, 5.74) is 1.68. The second-order valence-electron chi connectivity index (χ2n) is 13.5. The number of nitrogens with zero attached hydrogens (tertiary/aromatic N) is 5. The number of amides is 6. The van der Waals surface area contributed by atoms with Crippen LogP contribution in [0.3, 0.4) is 0 Å². The molecule has 4 N–H and O–H groups in total. The summed E-state index contributed by atoms with van der Waals surface area (Å²) in [5.74, 6) is -3.42. The fourth-order valence-electron chi connectivity index (χ4n) is 5.87. The quantitative estimate of drug-likeness (QED) is 0.238. The molecule has 2 bridgehead atoms. The van der Waals surface area contributed by atoms with E-state index in [0.717, 1.165) is 16.5 Å². The molecule has 15 nitrogen and oxygen atoms in total. The van der Waals surface area contributed by atoms with Crippen molar-refractivity contribution in [3.05, 3.63) is 82.4 Å². The third kappa shape index (κ3) is 10.0. The number of likely N-dealkylation sites (N-methyl/N-ethyl adjacent to an activating group) is 1. The maximum Gasteiger partial charge on any atom is 0.271 e. The zero-order chi connectivity index (χ0) is 38.2. The van der Waals surface area contributed by atoms with Gasteiger partial charge in [0, 0.05) is 37.1 Å². The molecule has 2 aromatic carbocycles. The molecule has 0 saturated carbocycles. The second kappa shape index (κ2) is 17.3. The highest BCUT2D eigenvalue weighted by molar-refractivity contribution is 7.09. The van der Waals surface area contributed by atoms with Crippen molar-refractivity contribution < 1.29 is 28.8 Å². The van der Waals surface area contributed by atoms with Gasteiger partial charge in [0.15, 0.2) is 0 Å². The lowest BCUT2D eigenvalue weighted by Crippen LogP contribution is -2.57. The summed E-state index contributed by atoms with van der Waals surface area (Å²) in [7, 11) is 1.55. The van der Waals surface area contributed by atoms with Crippen LogP contribution in [-0.2, 0) is 36.9 Å². The molecule has 4 atom stereocenters. The Bertz CT molecular complexity index is 1930. The molecule has 16 heteroatoms. The molecule has 1 aliphatic heterocycles. The number of carbonyl (C=O) groups is 6. The first kappa shape index (κ1) is 38.6. The number of rotatable bonds is 5. The summed E-state index contributed by atoms with van der Waals surface area (Å²) in [4.78, 5) is 88.0. The van der Waals surface area contributed by atoms with Crippen LogP contribution in [0.2, 0.25) is 0 Å². The van der Waals surface area contributed by atoms with Gasteiger partial charge in [-0.05, 0) is 37.8 Å². The largest absolute Gasteiger partial charge is 0.345 e.